The zero-order valence-corrected chi connectivity index (χ0v) is 12.0. The number of alkyl halides is 3. The summed E-state index contributed by atoms with van der Waals surface area (Å²) in [6.45, 7) is 2.12. The highest BCUT2D eigenvalue weighted by Crippen LogP contribution is 2.30. The molecule has 0 unspecified atom stereocenters. The number of rotatable bonds is 1. The maximum absolute atomic E-state index is 12.7. The first-order valence-electron chi connectivity index (χ1n) is 6.83. The van der Waals surface area contributed by atoms with Gasteiger partial charge in [0.05, 0.1) is 5.56 Å². The van der Waals surface area contributed by atoms with Gasteiger partial charge in [-0.3, -0.25) is 9.80 Å². The van der Waals surface area contributed by atoms with Crippen LogP contribution in [0.2, 0.25) is 0 Å². The third kappa shape index (κ3) is 3.69. The molecule has 1 heterocycles. The smallest absolute Gasteiger partial charge is 0.306 e. The first kappa shape index (κ1) is 16.1. The van der Waals surface area contributed by atoms with Crippen molar-refractivity contribution in [2.24, 2.45) is 0 Å². The van der Waals surface area contributed by atoms with Gasteiger partial charge in [-0.05, 0) is 31.0 Å². The van der Waals surface area contributed by atoms with E-state index < -0.39 is 17.8 Å². The first-order valence-corrected chi connectivity index (χ1v) is 6.83. The third-order valence-corrected chi connectivity index (χ3v) is 3.32. The van der Waals surface area contributed by atoms with E-state index in [4.69, 9.17) is 0 Å². The molecule has 0 radical (unpaired) electrons. The highest BCUT2D eigenvalue weighted by Gasteiger charge is 2.31. The summed E-state index contributed by atoms with van der Waals surface area (Å²) in [4.78, 5) is 23.7. The Morgan fingerprint density at radius 1 is 1.14 bits per heavy atom. The number of hydrazine groups is 1. The summed E-state index contributed by atoms with van der Waals surface area (Å²) in [5.74, 6) is -0.279. The Kier molecular flexibility index (Phi) is 4.58. The number of hydrogen-bond acceptors (Lipinski definition) is 2. The van der Waals surface area contributed by atoms with E-state index in [9.17, 15) is 22.8 Å². The van der Waals surface area contributed by atoms with Crippen LogP contribution in [0.25, 0.3) is 0 Å². The second-order valence-electron chi connectivity index (χ2n) is 4.98. The topological polar surface area (TPSA) is 52.7 Å². The molecule has 5 nitrogen and oxygen atoms in total. The molecule has 0 bridgehead atoms. The molecule has 1 aromatic rings. The van der Waals surface area contributed by atoms with Gasteiger partial charge in [-0.15, -0.1) is 0 Å². The number of halogens is 3. The Bertz CT molecular complexity index is 575. The molecule has 2 rings (SSSR count). The number of amides is 3. The molecule has 0 saturated carbocycles. The predicted octanol–water partition coefficient (Wildman–Crippen LogP) is 3.10. The fourth-order valence-electron chi connectivity index (χ4n) is 2.26. The second-order valence-corrected chi connectivity index (χ2v) is 4.98. The van der Waals surface area contributed by atoms with E-state index >= 15 is 0 Å². The molecule has 3 amide bonds. The molecule has 1 aliphatic heterocycles. The lowest BCUT2D eigenvalue weighted by atomic mass is 10.2. The highest BCUT2D eigenvalue weighted by molar-refractivity contribution is 5.91. The maximum Gasteiger partial charge on any atom is 0.416 e. The average molecular weight is 315 g/mol. The van der Waals surface area contributed by atoms with Gasteiger partial charge in [0.25, 0.3) is 0 Å². The van der Waals surface area contributed by atoms with Crippen LogP contribution in [-0.4, -0.2) is 35.0 Å². The van der Waals surface area contributed by atoms with E-state index in [-0.39, 0.29) is 11.6 Å². The van der Waals surface area contributed by atoms with E-state index in [2.05, 4.69) is 5.32 Å². The average Bonchev–Trinajstić information content (AvgIpc) is 2.46. The van der Waals surface area contributed by atoms with Crippen LogP contribution >= 0.6 is 0 Å². The summed E-state index contributed by atoms with van der Waals surface area (Å²) in [5, 5.41) is 4.93. The van der Waals surface area contributed by atoms with Crippen molar-refractivity contribution in [3.63, 3.8) is 0 Å². The summed E-state index contributed by atoms with van der Waals surface area (Å²) in [7, 11) is 0. The monoisotopic (exact) mass is 315 g/mol. The quantitative estimate of drug-likeness (QED) is 0.866. The van der Waals surface area contributed by atoms with E-state index in [1.807, 2.05) is 0 Å². The summed E-state index contributed by atoms with van der Waals surface area (Å²) in [5.41, 5.74) is -0.804. The highest BCUT2D eigenvalue weighted by atomic mass is 19.4. The van der Waals surface area contributed by atoms with Crippen molar-refractivity contribution in [3.05, 3.63) is 29.8 Å². The minimum Gasteiger partial charge on any atom is -0.306 e. The van der Waals surface area contributed by atoms with Crippen molar-refractivity contribution in [3.8, 4) is 0 Å². The largest absolute Gasteiger partial charge is 0.416 e. The van der Waals surface area contributed by atoms with Crippen LogP contribution in [0.5, 0.6) is 0 Å². The van der Waals surface area contributed by atoms with Gasteiger partial charge < -0.3 is 5.32 Å². The molecule has 1 saturated heterocycles. The number of hydrogen-bond donors (Lipinski definition) is 1. The zero-order valence-electron chi connectivity index (χ0n) is 12.0. The normalized spacial score (nSPS) is 15.6. The van der Waals surface area contributed by atoms with Crippen LogP contribution < -0.4 is 5.32 Å². The fraction of sp³-hybridized carbons (Fsp3) is 0.429. The summed E-state index contributed by atoms with van der Waals surface area (Å²) < 4.78 is 38.0. The second kappa shape index (κ2) is 6.25. The summed E-state index contributed by atoms with van der Waals surface area (Å²) in [6, 6.07) is 3.76. The standard InChI is InChI=1S/C14H16F3N3O2/c1-10(21)19-7-2-3-8-20(19)13(22)18-12-6-4-5-11(9-12)14(15,16)17/h4-6,9H,2-3,7-8H2,1H3,(H,18,22). The SMILES string of the molecule is CC(=O)N1CCCCN1C(=O)Nc1cccc(C(F)(F)F)c1. The predicted molar refractivity (Wildman–Crippen MR) is 73.8 cm³/mol. The van der Waals surface area contributed by atoms with E-state index in [1.54, 1.807) is 0 Å². The molecule has 1 N–H and O–H groups in total. The van der Waals surface area contributed by atoms with Crippen molar-refractivity contribution in [1.29, 1.82) is 0 Å². The van der Waals surface area contributed by atoms with Crippen LogP contribution in [0, 0.1) is 0 Å². The van der Waals surface area contributed by atoms with Gasteiger partial charge >= 0.3 is 12.2 Å². The van der Waals surface area contributed by atoms with Crippen molar-refractivity contribution >= 4 is 17.6 Å². The molecule has 120 valence electrons. The van der Waals surface area contributed by atoms with Gasteiger partial charge in [0.1, 0.15) is 0 Å². The van der Waals surface area contributed by atoms with E-state index in [0.29, 0.717) is 13.1 Å². The lowest BCUT2D eigenvalue weighted by molar-refractivity contribution is -0.144. The van der Waals surface area contributed by atoms with Crippen molar-refractivity contribution < 1.29 is 22.8 Å². The van der Waals surface area contributed by atoms with E-state index in [1.165, 1.54) is 29.1 Å². The number of carbonyl (C=O) groups excluding carboxylic acids is 2. The number of nitrogens with one attached hydrogen (secondary N) is 1. The lowest BCUT2D eigenvalue weighted by Gasteiger charge is -2.37. The van der Waals surface area contributed by atoms with Gasteiger partial charge in [0.15, 0.2) is 0 Å². The Morgan fingerprint density at radius 3 is 2.36 bits per heavy atom. The van der Waals surface area contributed by atoms with Crippen molar-refractivity contribution in [1.82, 2.24) is 10.0 Å². The van der Waals surface area contributed by atoms with Gasteiger partial charge in [-0.1, -0.05) is 6.07 Å². The Hall–Kier alpha value is -2.25. The Balaban J connectivity index is 2.12. The Labute approximate surface area is 125 Å². The number of anilines is 1. The zero-order chi connectivity index (χ0) is 16.3. The summed E-state index contributed by atoms with van der Waals surface area (Å²) in [6.07, 6.45) is -2.95. The molecule has 0 atom stereocenters. The Morgan fingerprint density at radius 2 is 1.77 bits per heavy atom. The van der Waals surface area contributed by atoms with Gasteiger partial charge in [0.2, 0.25) is 5.91 Å². The molecule has 1 fully saturated rings. The molecule has 22 heavy (non-hydrogen) atoms. The minimum absolute atomic E-state index is 0.0360. The summed E-state index contributed by atoms with van der Waals surface area (Å²) >= 11 is 0. The van der Waals surface area contributed by atoms with Crippen LogP contribution in [0.3, 0.4) is 0 Å². The molecule has 0 aromatic heterocycles. The molecule has 0 aliphatic carbocycles. The van der Waals surface area contributed by atoms with Crippen LogP contribution in [0.1, 0.15) is 25.3 Å². The van der Waals surface area contributed by atoms with Crippen LogP contribution in [-0.2, 0) is 11.0 Å². The van der Waals surface area contributed by atoms with Gasteiger partial charge in [-0.2, -0.15) is 13.2 Å². The van der Waals surface area contributed by atoms with Crippen molar-refractivity contribution in [2.45, 2.75) is 25.9 Å². The maximum atomic E-state index is 12.7. The van der Waals surface area contributed by atoms with Crippen LogP contribution in [0.4, 0.5) is 23.7 Å². The number of urea groups is 1. The molecule has 0 spiro atoms. The molecular formula is C14H16F3N3O2. The molecular weight excluding hydrogens is 299 g/mol. The van der Waals surface area contributed by atoms with Gasteiger partial charge in [0, 0.05) is 25.7 Å². The van der Waals surface area contributed by atoms with Crippen molar-refractivity contribution in [2.75, 3.05) is 18.4 Å². The molecule has 1 aromatic carbocycles. The number of carbonyl (C=O) groups is 2. The minimum atomic E-state index is -4.47. The number of benzene rings is 1. The van der Waals surface area contributed by atoms with Gasteiger partial charge in [-0.25, -0.2) is 9.80 Å². The molecule has 1 aliphatic rings. The lowest BCUT2D eigenvalue weighted by Crippen LogP contribution is -2.53. The third-order valence-electron chi connectivity index (χ3n) is 3.32. The van der Waals surface area contributed by atoms with E-state index in [0.717, 1.165) is 25.0 Å². The fourth-order valence-corrected chi connectivity index (χ4v) is 2.26. The number of nitrogens with zero attached hydrogens (tertiary/aromatic N) is 2. The molecule has 8 heteroatoms. The first-order chi connectivity index (χ1) is 10.3. The van der Waals surface area contributed by atoms with Crippen LogP contribution in [0.15, 0.2) is 24.3 Å².